The first-order valence-corrected chi connectivity index (χ1v) is 6.90. The number of nitrogens with zero attached hydrogens (tertiary/aromatic N) is 1. The highest BCUT2D eigenvalue weighted by atomic mass is 16.6. The van der Waals surface area contributed by atoms with Gasteiger partial charge >= 0.3 is 12.1 Å². The largest absolute Gasteiger partial charge is 0.466 e. The summed E-state index contributed by atoms with van der Waals surface area (Å²) in [6, 6.07) is 0. The molecule has 19 heavy (non-hydrogen) atoms. The molecule has 112 valence electrons. The lowest BCUT2D eigenvalue weighted by molar-refractivity contribution is -0.144. The first kappa shape index (κ1) is 17.7. The first-order chi connectivity index (χ1) is 8.86. The van der Waals surface area contributed by atoms with Gasteiger partial charge in [-0.25, -0.2) is 4.79 Å². The van der Waals surface area contributed by atoms with Crippen molar-refractivity contribution in [1.29, 1.82) is 0 Å². The van der Waals surface area contributed by atoms with Crippen LogP contribution in [0.25, 0.3) is 0 Å². The minimum Gasteiger partial charge on any atom is -0.466 e. The number of hydrogen-bond acceptors (Lipinski definition) is 4. The van der Waals surface area contributed by atoms with Crippen LogP contribution in [-0.4, -0.2) is 43.8 Å². The molecule has 0 rings (SSSR count). The number of rotatable bonds is 8. The second kappa shape index (κ2) is 9.64. The van der Waals surface area contributed by atoms with Gasteiger partial charge in [0.05, 0.1) is 13.2 Å². The Labute approximate surface area is 116 Å². The Bertz CT molecular complexity index is 279. The fraction of sp³-hybridized carbons (Fsp3) is 0.857. The van der Waals surface area contributed by atoms with Crippen LogP contribution in [0.1, 0.15) is 40.5 Å². The lowest BCUT2D eigenvalue weighted by Crippen LogP contribution is -2.33. The van der Waals surface area contributed by atoms with Gasteiger partial charge in [0.2, 0.25) is 0 Å². The zero-order valence-electron chi connectivity index (χ0n) is 12.8. The van der Waals surface area contributed by atoms with Crippen LogP contribution in [0, 0.1) is 11.8 Å². The molecule has 0 aromatic rings. The van der Waals surface area contributed by atoms with Gasteiger partial charge in [-0.3, -0.25) is 4.79 Å². The molecule has 0 saturated heterocycles. The average Bonchev–Trinajstić information content (AvgIpc) is 2.32. The summed E-state index contributed by atoms with van der Waals surface area (Å²) in [5.74, 6) is 0.165. The molecule has 0 aliphatic heterocycles. The van der Waals surface area contributed by atoms with Crippen molar-refractivity contribution in [3.05, 3.63) is 0 Å². The van der Waals surface area contributed by atoms with E-state index in [1.54, 1.807) is 7.05 Å². The molecule has 0 radical (unpaired) electrons. The fourth-order valence-corrected chi connectivity index (χ4v) is 1.51. The highest BCUT2D eigenvalue weighted by Gasteiger charge is 2.17. The molecule has 0 saturated carbocycles. The molecule has 1 atom stereocenters. The lowest BCUT2D eigenvalue weighted by Gasteiger charge is -2.21. The molecular formula is C14H27NO4. The van der Waals surface area contributed by atoms with E-state index in [4.69, 9.17) is 9.47 Å². The number of amides is 1. The SMILES string of the molecule is CCCOC(=O)CC(C)CN(C)C(=O)OCC(C)C. The summed E-state index contributed by atoms with van der Waals surface area (Å²) in [5.41, 5.74) is 0. The van der Waals surface area contributed by atoms with Crippen molar-refractivity contribution in [2.75, 3.05) is 26.8 Å². The third kappa shape index (κ3) is 9.33. The maximum absolute atomic E-state index is 11.6. The predicted molar refractivity (Wildman–Crippen MR) is 73.8 cm³/mol. The van der Waals surface area contributed by atoms with Crippen LogP contribution in [0.5, 0.6) is 0 Å². The van der Waals surface area contributed by atoms with E-state index in [0.29, 0.717) is 32.1 Å². The van der Waals surface area contributed by atoms with Crippen molar-refractivity contribution in [2.45, 2.75) is 40.5 Å². The van der Waals surface area contributed by atoms with Crippen LogP contribution in [0.3, 0.4) is 0 Å². The lowest BCUT2D eigenvalue weighted by atomic mass is 10.1. The van der Waals surface area contributed by atoms with Crippen LogP contribution < -0.4 is 0 Å². The van der Waals surface area contributed by atoms with Gasteiger partial charge in [-0.2, -0.15) is 0 Å². The quantitative estimate of drug-likeness (QED) is 0.638. The Morgan fingerprint density at radius 2 is 1.79 bits per heavy atom. The van der Waals surface area contributed by atoms with Gasteiger partial charge < -0.3 is 14.4 Å². The van der Waals surface area contributed by atoms with E-state index in [9.17, 15) is 9.59 Å². The number of hydrogen-bond donors (Lipinski definition) is 0. The van der Waals surface area contributed by atoms with Crippen LogP contribution >= 0.6 is 0 Å². The van der Waals surface area contributed by atoms with E-state index in [1.807, 2.05) is 27.7 Å². The van der Waals surface area contributed by atoms with E-state index < -0.39 is 0 Å². The molecule has 0 fully saturated rings. The maximum Gasteiger partial charge on any atom is 0.409 e. The Hall–Kier alpha value is -1.26. The van der Waals surface area contributed by atoms with E-state index in [1.165, 1.54) is 4.90 Å². The van der Waals surface area contributed by atoms with E-state index in [-0.39, 0.29) is 18.0 Å². The van der Waals surface area contributed by atoms with Crippen molar-refractivity contribution >= 4 is 12.1 Å². The van der Waals surface area contributed by atoms with Crippen molar-refractivity contribution in [2.24, 2.45) is 11.8 Å². The standard InChI is InChI=1S/C14H27NO4/c1-6-7-18-13(16)8-12(4)9-15(5)14(17)19-10-11(2)3/h11-12H,6-10H2,1-5H3. The van der Waals surface area contributed by atoms with Crippen molar-refractivity contribution in [1.82, 2.24) is 4.90 Å². The number of ether oxygens (including phenoxy) is 2. The van der Waals surface area contributed by atoms with Crippen LogP contribution in [-0.2, 0) is 14.3 Å². The number of carbonyl (C=O) groups excluding carboxylic acids is 2. The predicted octanol–water partition coefficient (Wildman–Crippen LogP) is 2.69. The molecule has 1 unspecified atom stereocenters. The number of esters is 1. The van der Waals surface area contributed by atoms with Crippen LogP contribution in [0.2, 0.25) is 0 Å². The summed E-state index contributed by atoms with van der Waals surface area (Å²) in [4.78, 5) is 24.6. The average molecular weight is 273 g/mol. The minimum absolute atomic E-state index is 0.0564. The minimum atomic E-state index is -0.345. The Kier molecular flexibility index (Phi) is 9.00. The summed E-state index contributed by atoms with van der Waals surface area (Å²) in [6.45, 7) is 9.19. The van der Waals surface area contributed by atoms with Gasteiger partial charge in [0.15, 0.2) is 0 Å². The molecule has 0 aliphatic carbocycles. The monoisotopic (exact) mass is 273 g/mol. The van der Waals surface area contributed by atoms with E-state index in [0.717, 1.165) is 6.42 Å². The molecule has 0 heterocycles. The molecule has 5 nitrogen and oxygen atoms in total. The maximum atomic E-state index is 11.6. The van der Waals surface area contributed by atoms with Gasteiger partial charge in [-0.05, 0) is 18.3 Å². The Balaban J connectivity index is 3.93. The van der Waals surface area contributed by atoms with Gasteiger partial charge in [0, 0.05) is 20.0 Å². The first-order valence-electron chi connectivity index (χ1n) is 6.90. The van der Waals surface area contributed by atoms with Gasteiger partial charge in [-0.15, -0.1) is 0 Å². The summed E-state index contributed by atoms with van der Waals surface area (Å²) in [7, 11) is 1.68. The molecule has 1 amide bonds. The van der Waals surface area contributed by atoms with E-state index >= 15 is 0 Å². The molecule has 0 aromatic heterocycles. The van der Waals surface area contributed by atoms with Crippen LogP contribution in [0.4, 0.5) is 4.79 Å². The van der Waals surface area contributed by atoms with Gasteiger partial charge in [0.1, 0.15) is 0 Å². The van der Waals surface area contributed by atoms with Gasteiger partial charge in [0.25, 0.3) is 0 Å². The van der Waals surface area contributed by atoms with Crippen molar-refractivity contribution < 1.29 is 19.1 Å². The summed E-state index contributed by atoms with van der Waals surface area (Å²) < 4.78 is 10.1. The highest BCUT2D eigenvalue weighted by molar-refractivity contribution is 5.70. The fourth-order valence-electron chi connectivity index (χ4n) is 1.51. The van der Waals surface area contributed by atoms with Gasteiger partial charge in [-0.1, -0.05) is 27.7 Å². The molecule has 0 N–H and O–H groups in total. The summed E-state index contributed by atoms with van der Waals surface area (Å²) in [6.07, 6.45) is 0.797. The molecule has 0 aliphatic rings. The molecule has 5 heteroatoms. The van der Waals surface area contributed by atoms with Crippen molar-refractivity contribution in [3.8, 4) is 0 Å². The summed E-state index contributed by atoms with van der Waals surface area (Å²) in [5, 5.41) is 0. The van der Waals surface area contributed by atoms with Crippen molar-refractivity contribution in [3.63, 3.8) is 0 Å². The zero-order valence-corrected chi connectivity index (χ0v) is 12.8. The normalized spacial score (nSPS) is 12.1. The highest BCUT2D eigenvalue weighted by Crippen LogP contribution is 2.07. The Morgan fingerprint density at radius 3 is 2.32 bits per heavy atom. The topological polar surface area (TPSA) is 55.8 Å². The molecule has 0 spiro atoms. The number of carbonyl (C=O) groups is 2. The second-order valence-electron chi connectivity index (χ2n) is 5.38. The second-order valence-corrected chi connectivity index (χ2v) is 5.38. The third-order valence-electron chi connectivity index (χ3n) is 2.42. The van der Waals surface area contributed by atoms with E-state index in [2.05, 4.69) is 0 Å². The third-order valence-corrected chi connectivity index (χ3v) is 2.42. The molecule has 0 aromatic carbocycles. The molecule has 0 bridgehead atoms. The zero-order chi connectivity index (χ0) is 14.8. The van der Waals surface area contributed by atoms with Crippen LogP contribution in [0.15, 0.2) is 0 Å². The molecular weight excluding hydrogens is 246 g/mol. The summed E-state index contributed by atoms with van der Waals surface area (Å²) >= 11 is 0. The smallest absolute Gasteiger partial charge is 0.409 e. The Morgan fingerprint density at radius 1 is 1.16 bits per heavy atom.